The maximum atomic E-state index is 12.4. The van der Waals surface area contributed by atoms with Gasteiger partial charge in [-0.1, -0.05) is 0 Å². The summed E-state index contributed by atoms with van der Waals surface area (Å²) in [5.41, 5.74) is 0.552. The predicted octanol–water partition coefficient (Wildman–Crippen LogP) is 1.07. The topological polar surface area (TPSA) is 97.8 Å². The Morgan fingerprint density at radius 3 is 2.96 bits per heavy atom. The summed E-state index contributed by atoms with van der Waals surface area (Å²) in [6.45, 7) is 4.76. The predicted molar refractivity (Wildman–Crippen MR) is 92.2 cm³/mol. The van der Waals surface area contributed by atoms with Gasteiger partial charge >= 0.3 is 5.97 Å². The van der Waals surface area contributed by atoms with Crippen LogP contribution in [0.3, 0.4) is 0 Å². The standard InChI is InChI=1S/C16H23N3O5S/c1-4-24-14(21)6-12-9-25-16(17-12)18-15(22)11-5-13(20)19(7-11)10(2)8-23-3/h9-11H,4-8H2,1-3H3,(H,17,18,22)/t10-,11-/m0/s1. The molecule has 0 aromatic carbocycles. The van der Waals surface area contributed by atoms with E-state index in [1.165, 1.54) is 11.3 Å². The second kappa shape index (κ2) is 8.91. The van der Waals surface area contributed by atoms with E-state index in [0.717, 1.165) is 0 Å². The van der Waals surface area contributed by atoms with Gasteiger partial charge in [-0.2, -0.15) is 0 Å². The molecule has 0 spiro atoms. The normalized spacial score (nSPS) is 18.3. The molecule has 9 heteroatoms. The number of nitrogens with one attached hydrogen (secondary N) is 1. The maximum absolute atomic E-state index is 12.4. The lowest BCUT2D eigenvalue weighted by molar-refractivity contribution is -0.142. The Morgan fingerprint density at radius 1 is 1.52 bits per heavy atom. The van der Waals surface area contributed by atoms with Crippen LogP contribution in [0.2, 0.25) is 0 Å². The fourth-order valence-corrected chi connectivity index (χ4v) is 3.39. The Hall–Kier alpha value is -2.00. The van der Waals surface area contributed by atoms with Gasteiger partial charge in [0.05, 0.1) is 37.3 Å². The van der Waals surface area contributed by atoms with E-state index in [4.69, 9.17) is 9.47 Å². The van der Waals surface area contributed by atoms with E-state index < -0.39 is 5.92 Å². The Morgan fingerprint density at radius 2 is 2.28 bits per heavy atom. The van der Waals surface area contributed by atoms with Gasteiger partial charge in [0.1, 0.15) is 0 Å². The number of anilines is 1. The molecule has 2 atom stereocenters. The fourth-order valence-electron chi connectivity index (χ4n) is 2.68. The van der Waals surface area contributed by atoms with E-state index in [1.807, 2.05) is 6.92 Å². The van der Waals surface area contributed by atoms with Crippen molar-refractivity contribution < 1.29 is 23.9 Å². The molecule has 1 aromatic rings. The van der Waals surface area contributed by atoms with Crippen LogP contribution in [0.1, 0.15) is 26.0 Å². The number of hydrogen-bond donors (Lipinski definition) is 1. The van der Waals surface area contributed by atoms with Gasteiger partial charge < -0.3 is 19.7 Å². The highest BCUT2D eigenvalue weighted by molar-refractivity contribution is 7.13. The molecule has 0 bridgehead atoms. The lowest BCUT2D eigenvalue weighted by atomic mass is 10.1. The van der Waals surface area contributed by atoms with Gasteiger partial charge in [0, 0.05) is 25.5 Å². The second-order valence-corrected chi connectivity index (χ2v) is 6.72. The van der Waals surface area contributed by atoms with Crippen molar-refractivity contribution >= 4 is 34.3 Å². The highest BCUT2D eigenvalue weighted by Crippen LogP contribution is 2.23. The van der Waals surface area contributed by atoms with E-state index in [2.05, 4.69) is 10.3 Å². The van der Waals surface area contributed by atoms with Crippen molar-refractivity contribution in [1.29, 1.82) is 0 Å². The third-order valence-electron chi connectivity index (χ3n) is 3.88. The summed E-state index contributed by atoms with van der Waals surface area (Å²) in [6, 6.07) is -0.0636. The number of carbonyl (C=O) groups is 3. The highest BCUT2D eigenvalue weighted by Gasteiger charge is 2.36. The summed E-state index contributed by atoms with van der Waals surface area (Å²) in [5, 5.41) is 4.85. The monoisotopic (exact) mass is 369 g/mol. The first kappa shape index (κ1) is 19.3. The van der Waals surface area contributed by atoms with Crippen molar-refractivity contribution in [2.45, 2.75) is 32.7 Å². The number of methoxy groups -OCH3 is 1. The van der Waals surface area contributed by atoms with Crippen molar-refractivity contribution in [3.05, 3.63) is 11.1 Å². The molecular weight excluding hydrogens is 346 g/mol. The van der Waals surface area contributed by atoms with E-state index in [-0.39, 0.29) is 36.7 Å². The largest absolute Gasteiger partial charge is 0.466 e. The van der Waals surface area contributed by atoms with Crippen LogP contribution in [0.25, 0.3) is 0 Å². The van der Waals surface area contributed by atoms with Gasteiger partial charge in [-0.25, -0.2) is 4.98 Å². The summed E-state index contributed by atoms with van der Waals surface area (Å²) in [6.07, 6.45) is 0.255. The Bertz CT molecular complexity index is 633. The number of hydrogen-bond acceptors (Lipinski definition) is 7. The molecule has 2 amide bonds. The number of likely N-dealkylation sites (tertiary alicyclic amines) is 1. The Labute approximate surface area is 150 Å². The number of amides is 2. The summed E-state index contributed by atoms with van der Waals surface area (Å²) >= 11 is 1.24. The molecule has 1 aliphatic rings. The van der Waals surface area contributed by atoms with Crippen LogP contribution < -0.4 is 5.32 Å². The van der Waals surface area contributed by atoms with Crippen molar-refractivity contribution in [3.8, 4) is 0 Å². The third kappa shape index (κ3) is 5.23. The van der Waals surface area contributed by atoms with E-state index >= 15 is 0 Å². The van der Waals surface area contributed by atoms with Crippen LogP contribution in [-0.2, 0) is 30.3 Å². The minimum Gasteiger partial charge on any atom is -0.466 e. The maximum Gasteiger partial charge on any atom is 0.311 e. The molecule has 1 N–H and O–H groups in total. The van der Waals surface area contributed by atoms with Crippen molar-refractivity contribution in [2.24, 2.45) is 5.92 Å². The quantitative estimate of drug-likeness (QED) is 0.689. The van der Waals surface area contributed by atoms with Gasteiger partial charge in [-0.3, -0.25) is 14.4 Å². The molecule has 138 valence electrons. The van der Waals surface area contributed by atoms with Crippen LogP contribution in [0.5, 0.6) is 0 Å². The number of esters is 1. The molecule has 1 saturated heterocycles. The first-order chi connectivity index (χ1) is 11.9. The Kier molecular flexibility index (Phi) is 6.89. The molecule has 0 saturated carbocycles. The number of rotatable bonds is 8. The minimum absolute atomic E-state index is 0.0492. The van der Waals surface area contributed by atoms with Crippen LogP contribution in [0, 0.1) is 5.92 Å². The van der Waals surface area contributed by atoms with Gasteiger partial charge in [0.25, 0.3) is 0 Å². The van der Waals surface area contributed by atoms with E-state index in [0.29, 0.717) is 30.6 Å². The molecule has 1 fully saturated rings. The summed E-state index contributed by atoms with van der Waals surface area (Å²) in [4.78, 5) is 41.8. The third-order valence-corrected chi connectivity index (χ3v) is 4.69. The number of ether oxygens (including phenoxy) is 2. The molecule has 8 nitrogen and oxygen atoms in total. The number of carbonyl (C=O) groups excluding carboxylic acids is 3. The average Bonchev–Trinajstić information content (AvgIpc) is 3.14. The van der Waals surface area contributed by atoms with E-state index in [1.54, 1.807) is 24.3 Å². The van der Waals surface area contributed by atoms with Gasteiger partial charge in [0.2, 0.25) is 11.8 Å². The number of aromatic nitrogens is 1. The SMILES string of the molecule is CCOC(=O)Cc1csc(NC(=O)[C@H]2CC(=O)N([C@@H](C)COC)C2)n1. The van der Waals surface area contributed by atoms with Crippen LogP contribution in [-0.4, -0.2) is 60.6 Å². The lowest BCUT2D eigenvalue weighted by Gasteiger charge is -2.23. The summed E-state index contributed by atoms with van der Waals surface area (Å²) in [5.74, 6) is -1.05. The molecule has 1 aromatic heterocycles. The molecule has 2 rings (SSSR count). The van der Waals surface area contributed by atoms with E-state index in [9.17, 15) is 14.4 Å². The smallest absolute Gasteiger partial charge is 0.311 e. The van der Waals surface area contributed by atoms with Crippen molar-refractivity contribution in [2.75, 3.05) is 32.2 Å². The highest BCUT2D eigenvalue weighted by atomic mass is 32.1. The molecule has 0 aliphatic carbocycles. The second-order valence-electron chi connectivity index (χ2n) is 5.87. The molecule has 0 unspecified atom stereocenters. The lowest BCUT2D eigenvalue weighted by Crippen LogP contribution is -2.38. The first-order valence-electron chi connectivity index (χ1n) is 8.13. The number of thiazole rings is 1. The summed E-state index contributed by atoms with van der Waals surface area (Å²) in [7, 11) is 1.58. The Balaban J connectivity index is 1.89. The minimum atomic E-state index is -0.413. The fraction of sp³-hybridized carbons (Fsp3) is 0.625. The number of nitrogens with zero attached hydrogens (tertiary/aromatic N) is 2. The van der Waals surface area contributed by atoms with Crippen LogP contribution in [0.4, 0.5) is 5.13 Å². The van der Waals surface area contributed by atoms with Gasteiger partial charge in [-0.15, -0.1) is 11.3 Å². The zero-order valence-electron chi connectivity index (χ0n) is 14.6. The molecule has 0 radical (unpaired) electrons. The van der Waals surface area contributed by atoms with Crippen molar-refractivity contribution in [1.82, 2.24) is 9.88 Å². The zero-order valence-corrected chi connectivity index (χ0v) is 15.4. The first-order valence-corrected chi connectivity index (χ1v) is 9.01. The van der Waals surface area contributed by atoms with Gasteiger partial charge in [-0.05, 0) is 13.8 Å². The van der Waals surface area contributed by atoms with Gasteiger partial charge in [0.15, 0.2) is 5.13 Å². The van der Waals surface area contributed by atoms with Crippen LogP contribution >= 0.6 is 11.3 Å². The van der Waals surface area contributed by atoms with Crippen molar-refractivity contribution in [3.63, 3.8) is 0 Å². The molecule has 2 heterocycles. The molecular formula is C16H23N3O5S. The molecule has 25 heavy (non-hydrogen) atoms. The molecule has 1 aliphatic heterocycles. The van der Waals surface area contributed by atoms with Crippen LogP contribution in [0.15, 0.2) is 5.38 Å². The zero-order chi connectivity index (χ0) is 18.4. The average molecular weight is 369 g/mol. The summed E-state index contributed by atoms with van der Waals surface area (Å²) < 4.78 is 9.94.